The standard InChI is InChI=1S/C25H31ClN2O3/c1-25(2)15-22(21-9-8-20(30-3)14-23(21)31-25)27-24(29)18-10-12-28(13-11-18)16-17-4-6-19(26)7-5-17/h4-9,14,18,22H,10-13,15-16H2,1-3H3,(H,27,29)/t22-/m0/s1. The number of methoxy groups -OCH3 is 1. The Morgan fingerprint density at radius 3 is 2.58 bits per heavy atom. The number of halogens is 1. The number of benzene rings is 2. The number of rotatable bonds is 5. The smallest absolute Gasteiger partial charge is 0.223 e. The number of amides is 1. The molecule has 0 radical (unpaired) electrons. The zero-order valence-electron chi connectivity index (χ0n) is 18.5. The van der Waals surface area contributed by atoms with Gasteiger partial charge in [0.1, 0.15) is 17.1 Å². The summed E-state index contributed by atoms with van der Waals surface area (Å²) in [6, 6.07) is 13.8. The summed E-state index contributed by atoms with van der Waals surface area (Å²) in [7, 11) is 1.65. The Kier molecular flexibility index (Phi) is 6.44. The number of carbonyl (C=O) groups excluding carboxylic acids is 1. The molecule has 0 unspecified atom stereocenters. The first kappa shape index (κ1) is 22.0. The number of ether oxygens (including phenoxy) is 2. The van der Waals surface area contributed by atoms with Gasteiger partial charge in [-0.05, 0) is 69.6 Å². The number of carbonyl (C=O) groups is 1. The van der Waals surface area contributed by atoms with E-state index in [4.69, 9.17) is 21.1 Å². The molecule has 2 aromatic rings. The topological polar surface area (TPSA) is 50.8 Å². The van der Waals surface area contributed by atoms with Gasteiger partial charge >= 0.3 is 0 Å². The first-order valence-electron chi connectivity index (χ1n) is 11.0. The van der Waals surface area contributed by atoms with Gasteiger partial charge in [0.2, 0.25) is 5.91 Å². The summed E-state index contributed by atoms with van der Waals surface area (Å²) in [5, 5.41) is 4.08. The summed E-state index contributed by atoms with van der Waals surface area (Å²) in [6.07, 6.45) is 2.50. The van der Waals surface area contributed by atoms with Crippen molar-refractivity contribution < 1.29 is 14.3 Å². The van der Waals surface area contributed by atoms with Gasteiger partial charge in [0.15, 0.2) is 0 Å². The van der Waals surface area contributed by atoms with Gasteiger partial charge in [-0.3, -0.25) is 9.69 Å². The van der Waals surface area contributed by atoms with Crippen LogP contribution in [0.4, 0.5) is 0 Å². The summed E-state index contributed by atoms with van der Waals surface area (Å²) in [5.74, 6) is 1.75. The normalized spacial score (nSPS) is 21.1. The van der Waals surface area contributed by atoms with Crippen molar-refractivity contribution in [2.75, 3.05) is 20.2 Å². The van der Waals surface area contributed by atoms with Crippen LogP contribution < -0.4 is 14.8 Å². The van der Waals surface area contributed by atoms with Crippen LogP contribution >= 0.6 is 11.6 Å². The molecule has 1 saturated heterocycles. The van der Waals surface area contributed by atoms with E-state index in [1.807, 2.05) is 30.3 Å². The largest absolute Gasteiger partial charge is 0.497 e. The van der Waals surface area contributed by atoms with Crippen molar-refractivity contribution in [3.8, 4) is 11.5 Å². The van der Waals surface area contributed by atoms with E-state index in [2.05, 4.69) is 36.2 Å². The fourth-order valence-corrected chi connectivity index (χ4v) is 4.70. The SMILES string of the molecule is COc1ccc2c(c1)OC(C)(C)C[C@@H]2NC(=O)C1CCN(Cc2ccc(Cl)cc2)CC1. The molecule has 0 spiro atoms. The quantitative estimate of drug-likeness (QED) is 0.709. The first-order valence-corrected chi connectivity index (χ1v) is 11.3. The van der Waals surface area contributed by atoms with Gasteiger partial charge in [-0.1, -0.05) is 23.7 Å². The summed E-state index contributed by atoms with van der Waals surface area (Å²) in [4.78, 5) is 15.5. The second-order valence-corrected chi connectivity index (χ2v) is 9.64. The van der Waals surface area contributed by atoms with Crippen LogP contribution in [0, 0.1) is 5.92 Å². The Labute approximate surface area is 189 Å². The van der Waals surface area contributed by atoms with E-state index < -0.39 is 0 Å². The van der Waals surface area contributed by atoms with Crippen LogP contribution in [0.25, 0.3) is 0 Å². The molecule has 0 aromatic heterocycles. The van der Waals surface area contributed by atoms with E-state index in [9.17, 15) is 4.79 Å². The van der Waals surface area contributed by atoms with Crippen LogP contribution in [-0.2, 0) is 11.3 Å². The van der Waals surface area contributed by atoms with E-state index in [1.54, 1.807) is 7.11 Å². The Bertz CT molecular complexity index is 921. The molecular formula is C25H31ClN2O3. The molecule has 0 bridgehead atoms. The number of piperidine rings is 1. The first-order chi connectivity index (χ1) is 14.8. The molecule has 1 amide bonds. The Hall–Kier alpha value is -2.24. The molecule has 2 aromatic carbocycles. The van der Waals surface area contributed by atoms with Crippen molar-refractivity contribution in [1.29, 1.82) is 0 Å². The third kappa shape index (κ3) is 5.34. The van der Waals surface area contributed by atoms with Gasteiger partial charge in [-0.15, -0.1) is 0 Å². The van der Waals surface area contributed by atoms with Gasteiger partial charge < -0.3 is 14.8 Å². The predicted molar refractivity (Wildman–Crippen MR) is 123 cm³/mol. The van der Waals surface area contributed by atoms with E-state index in [0.29, 0.717) is 0 Å². The van der Waals surface area contributed by atoms with Gasteiger partial charge in [0, 0.05) is 35.5 Å². The molecule has 0 saturated carbocycles. The van der Waals surface area contributed by atoms with E-state index in [1.165, 1.54) is 5.56 Å². The van der Waals surface area contributed by atoms with Crippen molar-refractivity contribution in [2.24, 2.45) is 5.92 Å². The molecular weight excluding hydrogens is 412 g/mol. The minimum absolute atomic E-state index is 0.0501. The summed E-state index contributed by atoms with van der Waals surface area (Å²) >= 11 is 5.98. The number of hydrogen-bond donors (Lipinski definition) is 1. The maximum atomic E-state index is 13.1. The van der Waals surface area contributed by atoms with Gasteiger partial charge in [0.25, 0.3) is 0 Å². The number of likely N-dealkylation sites (tertiary alicyclic amines) is 1. The molecule has 166 valence electrons. The van der Waals surface area contributed by atoms with Crippen molar-refractivity contribution >= 4 is 17.5 Å². The second-order valence-electron chi connectivity index (χ2n) is 9.21. The Morgan fingerprint density at radius 1 is 1.19 bits per heavy atom. The molecule has 6 heteroatoms. The highest BCUT2D eigenvalue weighted by molar-refractivity contribution is 6.30. The Balaban J connectivity index is 1.36. The summed E-state index contributed by atoms with van der Waals surface area (Å²) < 4.78 is 11.5. The monoisotopic (exact) mass is 442 g/mol. The molecule has 2 aliphatic rings. The zero-order valence-corrected chi connectivity index (χ0v) is 19.2. The number of hydrogen-bond acceptors (Lipinski definition) is 4. The third-order valence-electron chi connectivity index (χ3n) is 6.27. The number of nitrogens with zero attached hydrogens (tertiary/aromatic N) is 1. The molecule has 1 atom stereocenters. The van der Waals surface area contributed by atoms with Crippen LogP contribution in [0.2, 0.25) is 5.02 Å². The minimum Gasteiger partial charge on any atom is -0.497 e. The Morgan fingerprint density at radius 2 is 1.90 bits per heavy atom. The van der Waals surface area contributed by atoms with Crippen LogP contribution in [0.3, 0.4) is 0 Å². The van der Waals surface area contributed by atoms with Crippen LogP contribution in [0.15, 0.2) is 42.5 Å². The van der Waals surface area contributed by atoms with E-state index in [0.717, 1.165) is 61.0 Å². The maximum Gasteiger partial charge on any atom is 0.223 e. The molecule has 5 nitrogen and oxygen atoms in total. The molecule has 0 aliphatic carbocycles. The minimum atomic E-state index is -0.348. The zero-order chi connectivity index (χ0) is 22.0. The highest BCUT2D eigenvalue weighted by Crippen LogP contribution is 2.41. The van der Waals surface area contributed by atoms with E-state index in [-0.39, 0.29) is 23.5 Å². The van der Waals surface area contributed by atoms with Crippen LogP contribution in [0.1, 0.15) is 50.3 Å². The fraction of sp³-hybridized carbons (Fsp3) is 0.480. The third-order valence-corrected chi connectivity index (χ3v) is 6.52. The van der Waals surface area contributed by atoms with Gasteiger partial charge in [-0.25, -0.2) is 0 Å². The van der Waals surface area contributed by atoms with Crippen LogP contribution in [-0.4, -0.2) is 36.6 Å². The molecule has 4 rings (SSSR count). The number of nitrogens with one attached hydrogen (secondary N) is 1. The molecule has 1 N–H and O–H groups in total. The fourth-order valence-electron chi connectivity index (χ4n) is 4.58. The second kappa shape index (κ2) is 9.09. The van der Waals surface area contributed by atoms with Gasteiger partial charge in [0.05, 0.1) is 13.2 Å². The van der Waals surface area contributed by atoms with E-state index >= 15 is 0 Å². The summed E-state index contributed by atoms with van der Waals surface area (Å²) in [5.41, 5.74) is 1.93. The molecule has 2 heterocycles. The lowest BCUT2D eigenvalue weighted by atomic mass is 9.88. The molecule has 1 fully saturated rings. The van der Waals surface area contributed by atoms with Crippen molar-refractivity contribution in [2.45, 2.75) is 51.3 Å². The van der Waals surface area contributed by atoms with Crippen molar-refractivity contribution in [1.82, 2.24) is 10.2 Å². The lowest BCUT2D eigenvalue weighted by Crippen LogP contribution is -2.45. The predicted octanol–water partition coefficient (Wildman–Crippen LogP) is 4.98. The maximum absolute atomic E-state index is 13.1. The van der Waals surface area contributed by atoms with Gasteiger partial charge in [-0.2, -0.15) is 0 Å². The average Bonchev–Trinajstić information content (AvgIpc) is 2.74. The lowest BCUT2D eigenvalue weighted by Gasteiger charge is -2.39. The molecule has 31 heavy (non-hydrogen) atoms. The van der Waals surface area contributed by atoms with Crippen molar-refractivity contribution in [3.05, 3.63) is 58.6 Å². The average molecular weight is 443 g/mol. The lowest BCUT2D eigenvalue weighted by molar-refractivity contribution is -0.127. The molecule has 2 aliphatic heterocycles. The van der Waals surface area contributed by atoms with Crippen molar-refractivity contribution in [3.63, 3.8) is 0 Å². The van der Waals surface area contributed by atoms with Crippen LogP contribution in [0.5, 0.6) is 11.5 Å². The highest BCUT2D eigenvalue weighted by atomic mass is 35.5. The highest BCUT2D eigenvalue weighted by Gasteiger charge is 2.36. The summed E-state index contributed by atoms with van der Waals surface area (Å²) in [6.45, 7) is 6.87. The number of fused-ring (bicyclic) bond motifs is 1.